The topological polar surface area (TPSA) is 79.9 Å². The molecule has 1 aliphatic heterocycles. The van der Waals surface area contributed by atoms with E-state index >= 15 is 0 Å². The van der Waals surface area contributed by atoms with Crippen LogP contribution in [0.1, 0.15) is 22.6 Å². The Morgan fingerprint density at radius 3 is 2.37 bits per heavy atom. The predicted octanol–water partition coefficient (Wildman–Crippen LogP) is 4.49. The highest BCUT2D eigenvalue weighted by atomic mass is 16.5. The Kier molecular flexibility index (Phi) is 3.24. The van der Waals surface area contributed by atoms with E-state index < -0.39 is 11.5 Å². The first-order valence-electron chi connectivity index (χ1n) is 8.48. The molecule has 0 amide bonds. The third kappa shape index (κ3) is 2.22. The smallest absolute Gasteiger partial charge is 0.344 e. The minimum atomic E-state index is -0.627. The van der Waals surface area contributed by atoms with Gasteiger partial charge in [0, 0.05) is 0 Å². The molecule has 0 spiro atoms. The van der Waals surface area contributed by atoms with Crippen molar-refractivity contribution < 1.29 is 19.4 Å². The van der Waals surface area contributed by atoms with Crippen LogP contribution in [0.25, 0.3) is 11.0 Å². The predicted molar refractivity (Wildman–Crippen MR) is 99.7 cm³/mol. The fraction of sp³-hybridized carbons (Fsp3) is 0.0455. The summed E-state index contributed by atoms with van der Waals surface area (Å²) in [6, 6.07) is 19.4. The minimum absolute atomic E-state index is 0.271. The van der Waals surface area contributed by atoms with Crippen LogP contribution < -0.4 is 10.4 Å². The molecule has 0 bridgehead atoms. The van der Waals surface area contributed by atoms with E-state index in [4.69, 9.17) is 9.15 Å². The van der Waals surface area contributed by atoms with Crippen LogP contribution in [0.15, 0.2) is 75.9 Å². The molecule has 3 aromatic carbocycles. The molecular weight excluding hydrogens is 344 g/mol. The molecule has 5 nitrogen and oxygen atoms in total. The molecule has 132 valence electrons. The van der Waals surface area contributed by atoms with Gasteiger partial charge in [0.05, 0.1) is 22.4 Å². The number of rotatable bonds is 1. The zero-order chi connectivity index (χ0) is 18.5. The van der Waals surface area contributed by atoms with Gasteiger partial charge in [-0.15, -0.1) is 0 Å². The van der Waals surface area contributed by atoms with Crippen molar-refractivity contribution in [2.24, 2.45) is 0 Å². The Hall–Kier alpha value is -3.73. The number of phenolic OH excluding ortho intramolecular Hbond substituents is 2. The molecule has 0 fully saturated rings. The van der Waals surface area contributed by atoms with E-state index in [2.05, 4.69) is 0 Å². The van der Waals surface area contributed by atoms with Crippen LogP contribution in [0.4, 0.5) is 0 Å². The first kappa shape index (κ1) is 15.5. The monoisotopic (exact) mass is 358 g/mol. The molecule has 0 saturated carbocycles. The van der Waals surface area contributed by atoms with Gasteiger partial charge in [-0.05, 0) is 29.8 Å². The summed E-state index contributed by atoms with van der Waals surface area (Å²) in [5.41, 5.74) is 1.32. The Balaban J connectivity index is 1.92. The summed E-state index contributed by atoms with van der Waals surface area (Å²) in [7, 11) is 0. The standard InChI is InChI=1S/C22H14O5/c23-14-10-11-16-18(20(14)24)17(12-6-2-1-3-7-12)19-21(26-16)13-8-4-5-9-15(13)27-22(19)25/h1-11,17,23-24H. The number of hydrogen-bond acceptors (Lipinski definition) is 5. The maximum absolute atomic E-state index is 12.9. The SMILES string of the molecule is O=c1oc2ccccc2c2c1C(c1ccccc1)c1c(ccc(O)c1O)O2. The molecule has 1 aromatic heterocycles. The van der Waals surface area contributed by atoms with Crippen molar-refractivity contribution in [1.29, 1.82) is 0 Å². The maximum Gasteiger partial charge on any atom is 0.344 e. The Bertz CT molecular complexity index is 1240. The molecule has 2 heterocycles. The van der Waals surface area contributed by atoms with Crippen molar-refractivity contribution in [2.45, 2.75) is 5.92 Å². The highest BCUT2D eigenvalue weighted by molar-refractivity contribution is 5.86. The Morgan fingerprint density at radius 1 is 0.815 bits per heavy atom. The van der Waals surface area contributed by atoms with E-state index in [0.29, 0.717) is 33.6 Å². The average molecular weight is 358 g/mol. The fourth-order valence-corrected chi connectivity index (χ4v) is 3.67. The van der Waals surface area contributed by atoms with Crippen molar-refractivity contribution in [2.75, 3.05) is 0 Å². The van der Waals surface area contributed by atoms with Gasteiger partial charge in [0.1, 0.15) is 17.1 Å². The molecule has 4 aromatic rings. The lowest BCUT2D eigenvalue weighted by Crippen LogP contribution is -2.20. The van der Waals surface area contributed by atoms with Crippen LogP contribution in [0.2, 0.25) is 0 Å². The summed E-state index contributed by atoms with van der Waals surface area (Å²) in [5.74, 6) is -0.403. The van der Waals surface area contributed by atoms with Crippen molar-refractivity contribution in [3.8, 4) is 23.0 Å². The molecule has 5 rings (SSSR count). The second kappa shape index (κ2) is 5.64. The number of fused-ring (bicyclic) bond motifs is 4. The van der Waals surface area contributed by atoms with E-state index in [1.54, 1.807) is 18.2 Å². The molecule has 0 saturated heterocycles. The largest absolute Gasteiger partial charge is 0.504 e. The van der Waals surface area contributed by atoms with Crippen molar-refractivity contribution in [1.82, 2.24) is 0 Å². The summed E-state index contributed by atoms with van der Waals surface area (Å²) in [5, 5.41) is 21.2. The minimum Gasteiger partial charge on any atom is -0.504 e. The Morgan fingerprint density at radius 2 is 1.56 bits per heavy atom. The third-order valence-corrected chi connectivity index (χ3v) is 4.88. The number of aromatic hydroxyl groups is 2. The second-order valence-corrected chi connectivity index (χ2v) is 6.42. The van der Waals surface area contributed by atoms with E-state index in [0.717, 1.165) is 5.56 Å². The normalized spacial score (nSPS) is 15.0. The van der Waals surface area contributed by atoms with Crippen LogP contribution in [0.3, 0.4) is 0 Å². The lowest BCUT2D eigenvalue weighted by atomic mass is 9.82. The Labute approximate surface area is 153 Å². The first-order valence-corrected chi connectivity index (χ1v) is 8.48. The van der Waals surface area contributed by atoms with E-state index in [-0.39, 0.29) is 11.5 Å². The number of para-hydroxylation sites is 1. The zero-order valence-corrected chi connectivity index (χ0v) is 14.0. The molecule has 27 heavy (non-hydrogen) atoms. The molecule has 1 aliphatic rings. The highest BCUT2D eigenvalue weighted by Gasteiger charge is 2.36. The summed E-state index contributed by atoms with van der Waals surface area (Å²) in [6.45, 7) is 0. The van der Waals surface area contributed by atoms with Crippen LogP contribution in [0.5, 0.6) is 23.0 Å². The molecule has 0 aliphatic carbocycles. The molecule has 1 unspecified atom stereocenters. The number of ether oxygens (including phenoxy) is 1. The quantitative estimate of drug-likeness (QED) is 0.341. The van der Waals surface area contributed by atoms with Crippen molar-refractivity contribution in [3.63, 3.8) is 0 Å². The molecular formula is C22H14O5. The van der Waals surface area contributed by atoms with Crippen LogP contribution in [-0.4, -0.2) is 10.2 Å². The van der Waals surface area contributed by atoms with Gasteiger partial charge in [0.2, 0.25) is 0 Å². The number of phenols is 2. The van der Waals surface area contributed by atoms with Crippen LogP contribution in [-0.2, 0) is 0 Å². The van der Waals surface area contributed by atoms with E-state index in [1.165, 1.54) is 6.07 Å². The second-order valence-electron chi connectivity index (χ2n) is 6.42. The third-order valence-electron chi connectivity index (χ3n) is 4.88. The summed E-state index contributed by atoms with van der Waals surface area (Å²) < 4.78 is 11.5. The lowest BCUT2D eigenvalue weighted by Gasteiger charge is -2.29. The van der Waals surface area contributed by atoms with Crippen molar-refractivity contribution >= 4 is 11.0 Å². The lowest BCUT2D eigenvalue weighted by molar-refractivity contribution is 0.382. The average Bonchev–Trinajstić information content (AvgIpc) is 2.70. The van der Waals surface area contributed by atoms with Gasteiger partial charge in [-0.25, -0.2) is 4.79 Å². The summed E-state index contributed by atoms with van der Waals surface area (Å²) >= 11 is 0. The van der Waals surface area contributed by atoms with Crippen LogP contribution in [0, 0.1) is 0 Å². The van der Waals surface area contributed by atoms with Gasteiger partial charge in [0.15, 0.2) is 11.5 Å². The maximum atomic E-state index is 12.9. The number of benzene rings is 3. The van der Waals surface area contributed by atoms with Crippen LogP contribution >= 0.6 is 0 Å². The van der Waals surface area contributed by atoms with Gasteiger partial charge in [-0.1, -0.05) is 42.5 Å². The van der Waals surface area contributed by atoms with Gasteiger partial charge < -0.3 is 19.4 Å². The first-order chi connectivity index (χ1) is 13.1. The highest BCUT2D eigenvalue weighted by Crippen LogP contribution is 2.53. The van der Waals surface area contributed by atoms with Gasteiger partial charge in [-0.2, -0.15) is 0 Å². The molecule has 2 N–H and O–H groups in total. The van der Waals surface area contributed by atoms with Gasteiger partial charge in [0.25, 0.3) is 0 Å². The fourth-order valence-electron chi connectivity index (χ4n) is 3.67. The molecule has 1 atom stereocenters. The van der Waals surface area contributed by atoms with E-state index in [1.807, 2.05) is 42.5 Å². The van der Waals surface area contributed by atoms with E-state index in [9.17, 15) is 15.0 Å². The molecule has 5 heteroatoms. The zero-order valence-electron chi connectivity index (χ0n) is 14.0. The number of hydrogen-bond donors (Lipinski definition) is 2. The van der Waals surface area contributed by atoms with Gasteiger partial charge in [-0.3, -0.25) is 0 Å². The summed E-state index contributed by atoms with van der Waals surface area (Å²) in [4.78, 5) is 12.9. The van der Waals surface area contributed by atoms with Gasteiger partial charge >= 0.3 is 5.63 Å². The molecule has 0 radical (unpaired) electrons. The summed E-state index contributed by atoms with van der Waals surface area (Å²) in [6.07, 6.45) is 0. The van der Waals surface area contributed by atoms with Crippen molar-refractivity contribution in [3.05, 3.63) is 93.8 Å².